The van der Waals surface area contributed by atoms with Gasteiger partial charge in [0.1, 0.15) is 12.1 Å². The van der Waals surface area contributed by atoms with E-state index in [1.807, 2.05) is 0 Å². The van der Waals surface area contributed by atoms with Crippen LogP contribution in [0.4, 0.5) is 0 Å². The molecular formula is C19H27NO10. The van der Waals surface area contributed by atoms with E-state index in [2.05, 4.69) is 11.9 Å². The van der Waals surface area contributed by atoms with E-state index in [1.165, 1.54) is 41.5 Å². The highest BCUT2D eigenvalue weighted by Gasteiger charge is 2.32. The quantitative estimate of drug-likeness (QED) is 0.415. The summed E-state index contributed by atoms with van der Waals surface area (Å²) in [6.07, 6.45) is -6.26. The molecule has 1 aliphatic heterocycles. The van der Waals surface area contributed by atoms with Crippen LogP contribution in [0.25, 0.3) is 0 Å². The summed E-state index contributed by atoms with van der Waals surface area (Å²) in [5, 5.41) is 2.71. The first-order chi connectivity index (χ1) is 13.8. The van der Waals surface area contributed by atoms with Crippen LogP contribution in [0.5, 0.6) is 0 Å². The van der Waals surface area contributed by atoms with Crippen LogP contribution >= 0.6 is 0 Å². The van der Waals surface area contributed by atoms with Crippen LogP contribution in [0.15, 0.2) is 12.3 Å². The number of hydrogen-bond donors (Lipinski definition) is 1. The molecule has 0 radical (unpaired) electrons. The minimum Gasteiger partial charge on any atom is -0.454 e. The van der Waals surface area contributed by atoms with Crippen LogP contribution in [0, 0.1) is 0 Å². The van der Waals surface area contributed by atoms with Gasteiger partial charge in [-0.3, -0.25) is 0 Å². The largest absolute Gasteiger partial charge is 0.454 e. The molecule has 0 saturated carbocycles. The maximum absolute atomic E-state index is 12.2. The Kier molecular flexibility index (Phi) is 8.81. The van der Waals surface area contributed by atoms with Gasteiger partial charge in [0.2, 0.25) is 0 Å². The topological polar surface area (TPSA) is 144 Å². The maximum atomic E-state index is 12.2. The Labute approximate surface area is 174 Å². The van der Waals surface area contributed by atoms with E-state index < -0.39 is 66.4 Å². The molecule has 1 fully saturated rings. The van der Waals surface area contributed by atoms with Crippen molar-refractivity contribution in [3.63, 3.8) is 0 Å². The molecule has 0 amide bonds. The highest BCUT2D eigenvalue weighted by Crippen LogP contribution is 2.10. The maximum Gasteiger partial charge on any atom is 0.347 e. The molecule has 0 spiro atoms. The predicted octanol–water partition coefficient (Wildman–Crippen LogP) is 0.150. The average molecular weight is 429 g/mol. The van der Waals surface area contributed by atoms with Crippen molar-refractivity contribution in [2.75, 3.05) is 0 Å². The number of ether oxygens (including phenoxy) is 5. The molecule has 0 aliphatic carbocycles. The standard InChI is InChI=1S/C19H27NO10/c1-8-10(3)26-16(22)12(5)28-18(24)14(7)30-19(25)13(6)29-17(23)11(4)27-15(21)9(2)20-8/h9-14,20H,1H2,2-7H3/t9-,10-,11-,12-,13-,14-/m0/s1. The minimum atomic E-state index is -1.38. The molecule has 11 nitrogen and oxygen atoms in total. The van der Waals surface area contributed by atoms with E-state index in [1.54, 1.807) is 0 Å². The number of cyclic esters (lactones) is 5. The van der Waals surface area contributed by atoms with Crippen molar-refractivity contribution in [3.05, 3.63) is 12.3 Å². The Hall–Kier alpha value is -3.11. The number of carbonyl (C=O) groups is 5. The van der Waals surface area contributed by atoms with Crippen molar-refractivity contribution >= 4 is 29.8 Å². The van der Waals surface area contributed by atoms with Gasteiger partial charge in [0, 0.05) is 5.70 Å². The molecule has 0 aromatic carbocycles. The molecule has 1 heterocycles. The van der Waals surface area contributed by atoms with Crippen molar-refractivity contribution in [2.45, 2.75) is 78.1 Å². The highest BCUT2D eigenvalue weighted by atomic mass is 16.6. The molecule has 168 valence electrons. The van der Waals surface area contributed by atoms with Crippen LogP contribution < -0.4 is 5.32 Å². The summed E-state index contributed by atoms with van der Waals surface area (Å²) in [5.74, 6) is -4.67. The highest BCUT2D eigenvalue weighted by molar-refractivity contribution is 5.86. The third-order valence-corrected chi connectivity index (χ3v) is 4.04. The van der Waals surface area contributed by atoms with Gasteiger partial charge in [-0.05, 0) is 41.5 Å². The summed E-state index contributed by atoms with van der Waals surface area (Å²) in [7, 11) is 0. The zero-order chi connectivity index (χ0) is 23.2. The lowest BCUT2D eigenvalue weighted by Gasteiger charge is -2.24. The summed E-state index contributed by atoms with van der Waals surface area (Å²) in [6.45, 7) is 11.6. The first-order valence-electron chi connectivity index (χ1n) is 9.31. The Morgan fingerprint density at radius 2 is 0.800 bits per heavy atom. The lowest BCUT2D eigenvalue weighted by molar-refractivity contribution is -0.185. The van der Waals surface area contributed by atoms with Crippen LogP contribution in [0.3, 0.4) is 0 Å². The van der Waals surface area contributed by atoms with Gasteiger partial charge in [-0.1, -0.05) is 6.58 Å². The second kappa shape index (κ2) is 10.6. The summed E-state index contributed by atoms with van der Waals surface area (Å²) >= 11 is 0. The van der Waals surface area contributed by atoms with Crippen LogP contribution in [0.2, 0.25) is 0 Å². The lowest BCUT2D eigenvalue weighted by Crippen LogP contribution is -2.42. The molecule has 0 unspecified atom stereocenters. The molecule has 11 heteroatoms. The summed E-state index contributed by atoms with van der Waals surface area (Å²) in [4.78, 5) is 60.4. The van der Waals surface area contributed by atoms with E-state index in [0.717, 1.165) is 0 Å². The second-order valence-corrected chi connectivity index (χ2v) is 6.79. The van der Waals surface area contributed by atoms with Gasteiger partial charge < -0.3 is 29.0 Å². The number of carbonyl (C=O) groups excluding carboxylic acids is 5. The molecular weight excluding hydrogens is 402 g/mol. The fourth-order valence-electron chi connectivity index (χ4n) is 2.07. The number of esters is 5. The SMILES string of the molecule is C=C1N[C@@H](C)C(=O)O[C@@H](C)C(=O)O[C@@H](C)C(=O)O[C@@H](C)C(=O)O[C@@H](C)C(=O)O[C@H]1C. The summed E-state index contributed by atoms with van der Waals surface area (Å²) in [6, 6.07) is -0.939. The van der Waals surface area contributed by atoms with Gasteiger partial charge in [0.25, 0.3) is 0 Å². The Bertz CT molecular complexity index is 563. The van der Waals surface area contributed by atoms with E-state index >= 15 is 0 Å². The Morgan fingerprint density at radius 3 is 1.13 bits per heavy atom. The van der Waals surface area contributed by atoms with Gasteiger partial charge in [-0.2, -0.15) is 0 Å². The predicted molar refractivity (Wildman–Crippen MR) is 99.5 cm³/mol. The molecule has 1 rings (SSSR count). The second-order valence-electron chi connectivity index (χ2n) is 6.79. The summed E-state index contributed by atoms with van der Waals surface area (Å²) in [5.41, 5.74) is 0.179. The average Bonchev–Trinajstić information content (AvgIpc) is 2.66. The lowest BCUT2D eigenvalue weighted by atomic mass is 10.2. The van der Waals surface area contributed by atoms with Gasteiger partial charge in [-0.15, -0.1) is 0 Å². The van der Waals surface area contributed by atoms with Crippen molar-refractivity contribution in [2.24, 2.45) is 0 Å². The molecule has 6 atom stereocenters. The first-order valence-corrected chi connectivity index (χ1v) is 9.31. The molecule has 0 aromatic heterocycles. The van der Waals surface area contributed by atoms with Crippen LogP contribution in [0.1, 0.15) is 41.5 Å². The van der Waals surface area contributed by atoms with E-state index in [-0.39, 0.29) is 5.70 Å². The van der Waals surface area contributed by atoms with E-state index in [9.17, 15) is 24.0 Å². The zero-order valence-electron chi connectivity index (χ0n) is 17.8. The third kappa shape index (κ3) is 7.05. The van der Waals surface area contributed by atoms with E-state index in [0.29, 0.717) is 0 Å². The Balaban J connectivity index is 3.04. The first kappa shape index (κ1) is 24.9. The summed E-state index contributed by atoms with van der Waals surface area (Å²) < 4.78 is 24.9. The monoisotopic (exact) mass is 429 g/mol. The molecule has 1 N–H and O–H groups in total. The Morgan fingerprint density at radius 1 is 0.533 bits per heavy atom. The van der Waals surface area contributed by atoms with Crippen molar-refractivity contribution < 1.29 is 47.7 Å². The third-order valence-electron chi connectivity index (χ3n) is 4.04. The van der Waals surface area contributed by atoms with Crippen molar-refractivity contribution in [3.8, 4) is 0 Å². The normalized spacial score (nSPS) is 33.0. The number of rotatable bonds is 0. The smallest absolute Gasteiger partial charge is 0.347 e. The van der Waals surface area contributed by atoms with Gasteiger partial charge in [-0.25, -0.2) is 24.0 Å². The number of hydrogen-bond acceptors (Lipinski definition) is 11. The minimum absolute atomic E-state index is 0.179. The fraction of sp³-hybridized carbons (Fsp3) is 0.632. The molecule has 0 aromatic rings. The van der Waals surface area contributed by atoms with Crippen LogP contribution in [-0.2, 0) is 47.7 Å². The molecule has 1 aliphatic rings. The fourth-order valence-corrected chi connectivity index (χ4v) is 2.07. The molecule has 30 heavy (non-hydrogen) atoms. The molecule has 0 bridgehead atoms. The van der Waals surface area contributed by atoms with Gasteiger partial charge in [0.05, 0.1) is 0 Å². The zero-order valence-corrected chi connectivity index (χ0v) is 17.8. The number of nitrogens with one attached hydrogen (secondary N) is 1. The van der Waals surface area contributed by atoms with Crippen molar-refractivity contribution in [1.29, 1.82) is 0 Å². The molecule has 1 saturated heterocycles. The van der Waals surface area contributed by atoms with E-state index in [4.69, 9.17) is 23.7 Å². The van der Waals surface area contributed by atoms with Crippen molar-refractivity contribution in [1.82, 2.24) is 5.32 Å². The van der Waals surface area contributed by atoms with Gasteiger partial charge in [0.15, 0.2) is 24.4 Å². The van der Waals surface area contributed by atoms with Gasteiger partial charge >= 0.3 is 29.8 Å². The van der Waals surface area contributed by atoms with Crippen LogP contribution in [-0.4, -0.2) is 66.4 Å².